The summed E-state index contributed by atoms with van der Waals surface area (Å²) in [7, 11) is 1.69. The molecule has 7 heteroatoms. The van der Waals surface area contributed by atoms with E-state index >= 15 is 0 Å². The third kappa shape index (κ3) is 4.39. The number of fused-ring (bicyclic) bond motifs is 1. The third-order valence-corrected chi connectivity index (χ3v) is 4.54. The minimum atomic E-state index is 0.292. The molecule has 3 aromatic rings. The van der Waals surface area contributed by atoms with E-state index < -0.39 is 0 Å². The molecular formula is C18H17Cl3N2O2. The number of nitrogens with zero attached hydrogens (tertiary/aromatic N) is 2. The number of ether oxygens (including phenoxy) is 2. The summed E-state index contributed by atoms with van der Waals surface area (Å²) in [5.74, 6) is 1.37. The van der Waals surface area contributed by atoms with E-state index in [4.69, 9.17) is 44.3 Å². The quantitative estimate of drug-likeness (QED) is 0.484. The van der Waals surface area contributed by atoms with Gasteiger partial charge in [0.05, 0.1) is 16.1 Å². The van der Waals surface area contributed by atoms with Crippen LogP contribution in [0.5, 0.6) is 5.75 Å². The number of aryl methyl sites for hydroxylation is 1. The fourth-order valence-electron chi connectivity index (χ4n) is 2.61. The predicted octanol–water partition coefficient (Wildman–Crippen LogP) is 5.61. The second-order valence-corrected chi connectivity index (χ2v) is 6.80. The van der Waals surface area contributed by atoms with Crippen LogP contribution in [0.3, 0.4) is 0 Å². The molecule has 0 bridgehead atoms. The lowest BCUT2D eigenvalue weighted by Gasteiger charge is -2.11. The zero-order valence-corrected chi connectivity index (χ0v) is 15.9. The fourth-order valence-corrected chi connectivity index (χ4v) is 3.24. The normalized spacial score (nSPS) is 11.2. The van der Waals surface area contributed by atoms with E-state index in [1.165, 1.54) is 0 Å². The Morgan fingerprint density at radius 1 is 1.04 bits per heavy atom. The number of rotatable bonds is 7. The first-order valence-electron chi connectivity index (χ1n) is 7.80. The van der Waals surface area contributed by atoms with E-state index in [-0.39, 0.29) is 0 Å². The Morgan fingerprint density at radius 3 is 2.56 bits per heavy atom. The number of halogens is 3. The van der Waals surface area contributed by atoms with Crippen molar-refractivity contribution in [2.45, 2.75) is 19.6 Å². The Hall–Kier alpha value is -1.46. The highest BCUT2D eigenvalue weighted by Gasteiger charge is 2.13. The van der Waals surface area contributed by atoms with Crippen molar-refractivity contribution in [2.24, 2.45) is 0 Å². The van der Waals surface area contributed by atoms with E-state index in [2.05, 4.69) is 9.55 Å². The summed E-state index contributed by atoms with van der Waals surface area (Å²) in [5.41, 5.74) is 1.85. The van der Waals surface area contributed by atoms with E-state index in [9.17, 15) is 0 Å². The predicted molar refractivity (Wildman–Crippen MR) is 102 cm³/mol. The number of imidazole rings is 1. The zero-order valence-electron chi connectivity index (χ0n) is 13.6. The second kappa shape index (κ2) is 8.28. The van der Waals surface area contributed by atoms with Crippen molar-refractivity contribution in [3.63, 3.8) is 0 Å². The van der Waals surface area contributed by atoms with Crippen LogP contribution in [-0.2, 0) is 17.9 Å². The van der Waals surface area contributed by atoms with Crippen LogP contribution in [0.4, 0.5) is 0 Å². The van der Waals surface area contributed by atoms with Gasteiger partial charge in [0.25, 0.3) is 0 Å². The third-order valence-electron chi connectivity index (χ3n) is 3.77. The Morgan fingerprint density at radius 2 is 1.80 bits per heavy atom. The standard InChI is InChI=1S/C18H17Cl3N2O2/c1-24-8-2-7-23-16-5-3-13(20)10-15(16)22-18(23)11-25-17-6-4-12(19)9-14(17)21/h3-6,9-10H,2,7-8,11H2,1H3. The van der Waals surface area contributed by atoms with E-state index in [1.807, 2.05) is 18.2 Å². The maximum absolute atomic E-state index is 6.17. The average molecular weight is 400 g/mol. The van der Waals surface area contributed by atoms with Gasteiger partial charge in [0.1, 0.15) is 18.2 Å². The van der Waals surface area contributed by atoms with Crippen molar-refractivity contribution in [3.8, 4) is 5.75 Å². The molecule has 0 aliphatic carbocycles. The molecule has 0 aliphatic heterocycles. The molecule has 0 amide bonds. The lowest BCUT2D eigenvalue weighted by Crippen LogP contribution is -2.09. The van der Waals surface area contributed by atoms with Gasteiger partial charge >= 0.3 is 0 Å². The van der Waals surface area contributed by atoms with Gasteiger partial charge in [-0.15, -0.1) is 0 Å². The molecule has 4 nitrogen and oxygen atoms in total. The average Bonchev–Trinajstić information content (AvgIpc) is 2.91. The van der Waals surface area contributed by atoms with Gasteiger partial charge in [-0.1, -0.05) is 34.8 Å². The van der Waals surface area contributed by atoms with Gasteiger partial charge in [-0.2, -0.15) is 0 Å². The van der Waals surface area contributed by atoms with Crippen molar-refractivity contribution in [1.82, 2.24) is 9.55 Å². The van der Waals surface area contributed by atoms with E-state index in [1.54, 1.807) is 25.3 Å². The highest BCUT2D eigenvalue weighted by atomic mass is 35.5. The maximum Gasteiger partial charge on any atom is 0.148 e. The molecular weight excluding hydrogens is 383 g/mol. The SMILES string of the molecule is COCCCn1c(COc2ccc(Cl)cc2Cl)nc2cc(Cl)ccc21. The van der Waals surface area contributed by atoms with Crippen LogP contribution < -0.4 is 4.74 Å². The highest BCUT2D eigenvalue weighted by molar-refractivity contribution is 6.35. The van der Waals surface area contributed by atoms with Crippen molar-refractivity contribution >= 4 is 45.8 Å². The van der Waals surface area contributed by atoms with Crippen molar-refractivity contribution < 1.29 is 9.47 Å². The molecule has 2 aromatic carbocycles. The van der Waals surface area contributed by atoms with Crippen LogP contribution in [0.2, 0.25) is 15.1 Å². The Bertz CT molecular complexity index is 880. The van der Waals surface area contributed by atoms with E-state index in [0.717, 1.165) is 29.8 Å². The molecule has 1 aromatic heterocycles. The summed E-state index contributed by atoms with van der Waals surface area (Å²) >= 11 is 18.2. The summed E-state index contributed by atoms with van der Waals surface area (Å²) < 4.78 is 13.1. The maximum atomic E-state index is 6.17. The van der Waals surface area contributed by atoms with Gasteiger partial charge in [0.2, 0.25) is 0 Å². The van der Waals surface area contributed by atoms with Crippen molar-refractivity contribution in [2.75, 3.05) is 13.7 Å². The summed E-state index contributed by atoms with van der Waals surface area (Å²) in [5, 5.41) is 1.69. The number of hydrogen-bond donors (Lipinski definition) is 0. The number of benzene rings is 2. The topological polar surface area (TPSA) is 36.3 Å². The summed E-state index contributed by atoms with van der Waals surface area (Å²) in [4.78, 5) is 4.66. The molecule has 0 N–H and O–H groups in total. The smallest absolute Gasteiger partial charge is 0.148 e. The minimum absolute atomic E-state index is 0.292. The molecule has 0 unspecified atom stereocenters. The van der Waals surface area contributed by atoms with E-state index in [0.29, 0.717) is 34.0 Å². The second-order valence-electron chi connectivity index (χ2n) is 5.52. The Balaban J connectivity index is 1.86. The molecule has 0 atom stereocenters. The van der Waals surface area contributed by atoms with Crippen LogP contribution in [-0.4, -0.2) is 23.3 Å². The van der Waals surface area contributed by atoms with Gasteiger partial charge in [-0.3, -0.25) is 0 Å². The molecule has 0 aliphatic rings. The number of methoxy groups -OCH3 is 1. The molecule has 0 saturated heterocycles. The summed E-state index contributed by atoms with van der Waals surface area (Å²) in [6, 6.07) is 10.8. The molecule has 0 spiro atoms. The first kappa shape index (κ1) is 18.3. The number of hydrogen-bond acceptors (Lipinski definition) is 3. The van der Waals surface area contributed by atoms with Crippen molar-refractivity contribution in [1.29, 1.82) is 0 Å². The Labute approximate surface area is 161 Å². The molecule has 0 radical (unpaired) electrons. The zero-order chi connectivity index (χ0) is 17.8. The van der Waals surface area contributed by atoms with Crippen LogP contribution in [0.25, 0.3) is 11.0 Å². The molecule has 0 fully saturated rings. The van der Waals surface area contributed by atoms with Gasteiger partial charge in [0.15, 0.2) is 0 Å². The number of aromatic nitrogens is 2. The molecule has 132 valence electrons. The molecule has 1 heterocycles. The minimum Gasteiger partial charge on any atom is -0.484 e. The summed E-state index contributed by atoms with van der Waals surface area (Å²) in [6.45, 7) is 1.75. The molecule has 0 saturated carbocycles. The lowest BCUT2D eigenvalue weighted by molar-refractivity contribution is 0.189. The van der Waals surface area contributed by atoms with Crippen LogP contribution in [0, 0.1) is 0 Å². The largest absolute Gasteiger partial charge is 0.484 e. The van der Waals surface area contributed by atoms with Crippen LogP contribution in [0.1, 0.15) is 12.2 Å². The van der Waals surface area contributed by atoms with Crippen LogP contribution in [0.15, 0.2) is 36.4 Å². The van der Waals surface area contributed by atoms with Gasteiger partial charge in [-0.25, -0.2) is 4.98 Å². The fraction of sp³-hybridized carbons (Fsp3) is 0.278. The monoisotopic (exact) mass is 398 g/mol. The van der Waals surface area contributed by atoms with Crippen LogP contribution >= 0.6 is 34.8 Å². The first-order valence-corrected chi connectivity index (χ1v) is 8.93. The Kier molecular flexibility index (Phi) is 6.07. The molecule has 3 rings (SSSR count). The summed E-state index contributed by atoms with van der Waals surface area (Å²) in [6.07, 6.45) is 0.874. The highest BCUT2D eigenvalue weighted by Crippen LogP contribution is 2.29. The lowest BCUT2D eigenvalue weighted by atomic mass is 10.3. The van der Waals surface area contributed by atoms with Gasteiger partial charge in [0, 0.05) is 30.3 Å². The molecule has 25 heavy (non-hydrogen) atoms. The van der Waals surface area contributed by atoms with Gasteiger partial charge in [-0.05, 0) is 42.8 Å². The van der Waals surface area contributed by atoms with Crippen molar-refractivity contribution in [3.05, 3.63) is 57.3 Å². The first-order chi connectivity index (χ1) is 12.1. The van der Waals surface area contributed by atoms with Gasteiger partial charge < -0.3 is 14.0 Å².